The molecule has 0 aromatic heterocycles. The topological polar surface area (TPSA) is 59.1 Å². The summed E-state index contributed by atoms with van der Waals surface area (Å²) in [5.74, 6) is -0.634. The number of nitrogens with zero attached hydrogens (tertiary/aromatic N) is 2. The quantitative estimate of drug-likeness (QED) is 0.187. The third kappa shape index (κ3) is 6.28. The Bertz CT molecular complexity index is 1600. The molecule has 2 amide bonds. The number of likely N-dealkylation sites (tertiary alicyclic amines) is 1. The first-order valence-corrected chi connectivity index (χ1v) is 15.7. The van der Waals surface area contributed by atoms with E-state index in [0.29, 0.717) is 29.5 Å². The van der Waals surface area contributed by atoms with Gasteiger partial charge in [-0.2, -0.15) is 0 Å². The van der Waals surface area contributed by atoms with Crippen LogP contribution in [-0.2, 0) is 27.4 Å². The third-order valence-corrected chi connectivity index (χ3v) is 9.01. The van der Waals surface area contributed by atoms with Crippen molar-refractivity contribution in [2.45, 2.75) is 44.6 Å². The van der Waals surface area contributed by atoms with Gasteiger partial charge in [0.25, 0.3) is 0 Å². The lowest BCUT2D eigenvalue weighted by Gasteiger charge is -2.29. The van der Waals surface area contributed by atoms with Gasteiger partial charge in [0.2, 0.25) is 5.91 Å². The van der Waals surface area contributed by atoms with Crippen molar-refractivity contribution in [3.05, 3.63) is 130 Å². The van der Waals surface area contributed by atoms with E-state index in [1.54, 1.807) is 17.0 Å². The molecule has 6 nitrogen and oxygen atoms in total. The number of carbonyl (C=O) groups is 2. The van der Waals surface area contributed by atoms with Crippen molar-refractivity contribution in [1.29, 1.82) is 0 Å². The lowest BCUT2D eigenvalue weighted by Crippen LogP contribution is -2.47. The average molecular weight is 658 g/mol. The molecule has 1 saturated heterocycles. The van der Waals surface area contributed by atoms with Crippen LogP contribution in [0.4, 0.5) is 9.18 Å². The Morgan fingerprint density at radius 1 is 0.932 bits per heavy atom. The van der Waals surface area contributed by atoms with Gasteiger partial charge < -0.3 is 14.4 Å². The molecule has 1 aliphatic carbocycles. The standard InChI is InChI=1S/C36H34BrFN2O4/c1-2-39(20-24-10-4-3-5-11-24)35(41)34-19-27(43-22-25-16-17-26(37)18-33(25)38)21-40(34)36(42)44-23-32-30-14-8-6-12-28(30)29-13-7-9-15-31(29)32/h3-18,27,32,34H,2,19-23H2,1H3/t27-,34+/m1/s1. The molecule has 0 radical (unpaired) electrons. The number of likely N-dealkylation sites (N-methyl/N-ethyl adjacent to an activating group) is 1. The Morgan fingerprint density at radius 2 is 1.59 bits per heavy atom. The first kappa shape index (κ1) is 30.0. The fourth-order valence-corrected chi connectivity index (χ4v) is 6.57. The number of rotatable bonds is 9. The van der Waals surface area contributed by atoms with Crippen molar-refractivity contribution in [3.63, 3.8) is 0 Å². The first-order valence-electron chi connectivity index (χ1n) is 14.9. The van der Waals surface area contributed by atoms with Crippen LogP contribution in [0.5, 0.6) is 0 Å². The first-order chi connectivity index (χ1) is 21.4. The summed E-state index contributed by atoms with van der Waals surface area (Å²) in [4.78, 5) is 30.9. The molecular weight excluding hydrogens is 623 g/mol. The van der Waals surface area contributed by atoms with Crippen LogP contribution in [0.3, 0.4) is 0 Å². The summed E-state index contributed by atoms with van der Waals surface area (Å²) in [5, 5.41) is 0. The van der Waals surface area contributed by atoms with Gasteiger partial charge in [-0.15, -0.1) is 0 Å². The van der Waals surface area contributed by atoms with E-state index in [9.17, 15) is 14.0 Å². The highest BCUT2D eigenvalue weighted by atomic mass is 79.9. The summed E-state index contributed by atoms with van der Waals surface area (Å²) in [6, 6.07) is 30.2. The fraction of sp³-hybridized carbons (Fsp3) is 0.278. The Balaban J connectivity index is 1.19. The van der Waals surface area contributed by atoms with Gasteiger partial charge in [0.1, 0.15) is 18.5 Å². The molecule has 0 spiro atoms. The number of hydrogen-bond donors (Lipinski definition) is 0. The Hall–Kier alpha value is -4.01. The van der Waals surface area contributed by atoms with Crippen molar-refractivity contribution >= 4 is 27.9 Å². The van der Waals surface area contributed by atoms with Gasteiger partial charge in [-0.3, -0.25) is 9.69 Å². The molecule has 6 rings (SSSR count). The molecular formula is C36H34BrFN2O4. The highest BCUT2D eigenvalue weighted by Crippen LogP contribution is 2.44. The number of halogens is 2. The zero-order chi connectivity index (χ0) is 30.6. The van der Waals surface area contributed by atoms with Crippen LogP contribution >= 0.6 is 15.9 Å². The van der Waals surface area contributed by atoms with Crippen LogP contribution in [-0.4, -0.2) is 53.6 Å². The molecule has 226 valence electrons. The molecule has 1 fully saturated rings. The molecule has 0 bridgehead atoms. The van der Waals surface area contributed by atoms with E-state index in [1.165, 1.54) is 11.0 Å². The van der Waals surface area contributed by atoms with E-state index in [0.717, 1.165) is 27.8 Å². The summed E-state index contributed by atoms with van der Waals surface area (Å²) in [7, 11) is 0. The molecule has 4 aromatic rings. The smallest absolute Gasteiger partial charge is 0.410 e. The molecule has 0 unspecified atom stereocenters. The molecule has 2 atom stereocenters. The second-order valence-electron chi connectivity index (χ2n) is 11.2. The van der Waals surface area contributed by atoms with Crippen LogP contribution in [0, 0.1) is 5.82 Å². The van der Waals surface area contributed by atoms with Crippen molar-refractivity contribution < 1.29 is 23.5 Å². The van der Waals surface area contributed by atoms with Gasteiger partial charge in [0.05, 0.1) is 19.3 Å². The van der Waals surface area contributed by atoms with Gasteiger partial charge >= 0.3 is 6.09 Å². The summed E-state index contributed by atoms with van der Waals surface area (Å²) < 4.78 is 27.2. The van der Waals surface area contributed by atoms with Gasteiger partial charge in [-0.25, -0.2) is 9.18 Å². The number of fused-ring (bicyclic) bond motifs is 3. The van der Waals surface area contributed by atoms with Crippen molar-refractivity contribution in [1.82, 2.24) is 9.80 Å². The second kappa shape index (κ2) is 13.3. The Kier molecular flexibility index (Phi) is 9.09. The molecule has 8 heteroatoms. The molecule has 4 aromatic carbocycles. The van der Waals surface area contributed by atoms with E-state index in [4.69, 9.17) is 9.47 Å². The zero-order valence-corrected chi connectivity index (χ0v) is 26.1. The number of hydrogen-bond acceptors (Lipinski definition) is 4. The Morgan fingerprint density at radius 3 is 2.25 bits per heavy atom. The minimum atomic E-state index is -0.755. The van der Waals surface area contributed by atoms with Gasteiger partial charge in [-0.05, 0) is 46.9 Å². The molecule has 1 heterocycles. The van der Waals surface area contributed by atoms with Gasteiger partial charge in [0.15, 0.2) is 0 Å². The molecule has 0 saturated carbocycles. The number of amides is 2. The van der Waals surface area contributed by atoms with Crippen LogP contribution < -0.4 is 0 Å². The van der Waals surface area contributed by atoms with E-state index < -0.39 is 18.2 Å². The van der Waals surface area contributed by atoms with Crippen LogP contribution in [0.1, 0.15) is 41.5 Å². The highest BCUT2D eigenvalue weighted by molar-refractivity contribution is 9.10. The fourth-order valence-electron chi connectivity index (χ4n) is 6.24. The normalized spacial score (nSPS) is 17.3. The van der Waals surface area contributed by atoms with Gasteiger partial charge in [0, 0.05) is 35.5 Å². The van der Waals surface area contributed by atoms with Crippen molar-refractivity contribution in [2.75, 3.05) is 19.7 Å². The second-order valence-corrected chi connectivity index (χ2v) is 12.1. The number of carbonyl (C=O) groups excluding carboxylic acids is 2. The summed E-state index contributed by atoms with van der Waals surface area (Å²) in [5.41, 5.74) is 5.95. The van der Waals surface area contributed by atoms with Crippen LogP contribution in [0.2, 0.25) is 0 Å². The summed E-state index contributed by atoms with van der Waals surface area (Å²) in [6.45, 7) is 3.21. The van der Waals surface area contributed by atoms with Crippen molar-refractivity contribution in [3.8, 4) is 11.1 Å². The number of benzene rings is 4. The van der Waals surface area contributed by atoms with Gasteiger partial charge in [-0.1, -0.05) is 101 Å². The third-order valence-electron chi connectivity index (χ3n) is 8.52. The molecule has 0 N–H and O–H groups in total. The lowest BCUT2D eigenvalue weighted by atomic mass is 9.98. The van der Waals surface area contributed by atoms with E-state index in [2.05, 4.69) is 40.2 Å². The predicted octanol–water partition coefficient (Wildman–Crippen LogP) is 7.55. The van der Waals surface area contributed by atoms with Crippen LogP contribution in [0.25, 0.3) is 11.1 Å². The maximum absolute atomic E-state index is 14.5. The zero-order valence-electron chi connectivity index (χ0n) is 24.5. The average Bonchev–Trinajstić information content (AvgIpc) is 3.62. The predicted molar refractivity (Wildman–Crippen MR) is 170 cm³/mol. The summed E-state index contributed by atoms with van der Waals surface area (Å²) >= 11 is 3.28. The SMILES string of the molecule is CCN(Cc1ccccc1)C(=O)[C@@H]1C[C@@H](OCc2ccc(Br)cc2F)CN1C(=O)OCC1c2ccccc2-c2ccccc21. The summed E-state index contributed by atoms with van der Waals surface area (Å²) in [6.07, 6.45) is -0.711. The number of ether oxygens (including phenoxy) is 2. The monoisotopic (exact) mass is 656 g/mol. The molecule has 2 aliphatic rings. The van der Waals surface area contributed by atoms with Crippen LogP contribution in [0.15, 0.2) is 102 Å². The van der Waals surface area contributed by atoms with E-state index in [-0.39, 0.29) is 37.4 Å². The molecule has 1 aliphatic heterocycles. The minimum absolute atomic E-state index is 0.0325. The highest BCUT2D eigenvalue weighted by Gasteiger charge is 2.43. The minimum Gasteiger partial charge on any atom is -0.448 e. The van der Waals surface area contributed by atoms with Crippen molar-refractivity contribution in [2.24, 2.45) is 0 Å². The maximum atomic E-state index is 14.5. The largest absolute Gasteiger partial charge is 0.448 e. The molecule has 44 heavy (non-hydrogen) atoms. The van der Waals surface area contributed by atoms with E-state index >= 15 is 0 Å². The Labute approximate surface area is 265 Å². The van der Waals surface area contributed by atoms with E-state index in [1.807, 2.05) is 61.5 Å². The lowest BCUT2D eigenvalue weighted by molar-refractivity contribution is -0.136. The maximum Gasteiger partial charge on any atom is 0.410 e.